The van der Waals surface area contributed by atoms with Gasteiger partial charge in [0.25, 0.3) is 5.91 Å². The van der Waals surface area contributed by atoms with Crippen LogP contribution in [-0.2, 0) is 4.79 Å². The van der Waals surface area contributed by atoms with Crippen LogP contribution in [-0.4, -0.2) is 35.1 Å². The molecule has 1 amide bonds. The summed E-state index contributed by atoms with van der Waals surface area (Å²) < 4.78 is 0. The quantitative estimate of drug-likeness (QED) is 0.798. The van der Waals surface area contributed by atoms with Gasteiger partial charge in [-0.3, -0.25) is 4.79 Å². The molecule has 94 valence electrons. The predicted octanol–water partition coefficient (Wildman–Crippen LogP) is 2.04. The summed E-state index contributed by atoms with van der Waals surface area (Å²) in [4.78, 5) is 13.7. The van der Waals surface area contributed by atoms with Crippen LogP contribution in [0.15, 0.2) is 0 Å². The third kappa shape index (κ3) is 2.97. The van der Waals surface area contributed by atoms with Crippen LogP contribution in [0.1, 0.15) is 46.5 Å². The molecule has 16 heavy (non-hydrogen) atoms. The van der Waals surface area contributed by atoms with Crippen molar-refractivity contribution in [1.82, 2.24) is 4.90 Å². The second kappa shape index (κ2) is 6.24. The average Bonchev–Trinajstić information content (AvgIpc) is 2.35. The lowest BCUT2D eigenvalue weighted by atomic mass is 9.82. The lowest BCUT2D eigenvalue weighted by molar-refractivity contribution is -0.143. The molecule has 3 atom stereocenters. The van der Waals surface area contributed by atoms with Crippen molar-refractivity contribution in [1.29, 1.82) is 0 Å². The lowest BCUT2D eigenvalue weighted by Crippen LogP contribution is -2.47. The van der Waals surface area contributed by atoms with E-state index < -0.39 is 6.10 Å². The van der Waals surface area contributed by atoms with Gasteiger partial charge < -0.3 is 10.0 Å². The van der Waals surface area contributed by atoms with Crippen molar-refractivity contribution in [3.05, 3.63) is 0 Å². The summed E-state index contributed by atoms with van der Waals surface area (Å²) in [6.07, 6.45) is 3.15. The van der Waals surface area contributed by atoms with Crippen LogP contribution in [0.25, 0.3) is 0 Å². The van der Waals surface area contributed by atoms with Gasteiger partial charge in [0, 0.05) is 13.1 Å². The molecule has 3 unspecified atom stereocenters. The first-order valence-electron chi connectivity index (χ1n) is 6.60. The third-order valence-electron chi connectivity index (χ3n) is 3.92. The Hall–Kier alpha value is -0.570. The number of nitrogens with zero attached hydrogens (tertiary/aromatic N) is 1. The van der Waals surface area contributed by atoms with Crippen molar-refractivity contribution >= 4 is 5.91 Å². The topological polar surface area (TPSA) is 40.5 Å². The fourth-order valence-corrected chi connectivity index (χ4v) is 2.67. The maximum absolute atomic E-state index is 11.9. The van der Waals surface area contributed by atoms with Gasteiger partial charge in [-0.25, -0.2) is 0 Å². The van der Waals surface area contributed by atoms with Gasteiger partial charge in [0.15, 0.2) is 0 Å². The van der Waals surface area contributed by atoms with E-state index in [2.05, 4.69) is 13.8 Å². The zero-order chi connectivity index (χ0) is 12.1. The smallest absolute Gasteiger partial charge is 0.251 e. The SMILES string of the molecule is CCC(O)C(=O)N1CCC(CC)C(CC)C1. The van der Waals surface area contributed by atoms with Gasteiger partial charge >= 0.3 is 0 Å². The minimum atomic E-state index is -0.796. The number of hydrogen-bond acceptors (Lipinski definition) is 2. The highest BCUT2D eigenvalue weighted by atomic mass is 16.3. The number of hydrogen-bond donors (Lipinski definition) is 1. The van der Waals surface area contributed by atoms with E-state index in [-0.39, 0.29) is 5.91 Å². The highest BCUT2D eigenvalue weighted by Crippen LogP contribution is 2.28. The molecule has 0 aromatic rings. The first-order chi connectivity index (χ1) is 7.63. The molecule has 0 aromatic heterocycles. The molecule has 0 aromatic carbocycles. The van der Waals surface area contributed by atoms with Crippen molar-refractivity contribution in [3.63, 3.8) is 0 Å². The maximum Gasteiger partial charge on any atom is 0.251 e. The normalized spacial score (nSPS) is 27.9. The van der Waals surface area contributed by atoms with E-state index in [0.29, 0.717) is 12.3 Å². The number of rotatable bonds is 4. The van der Waals surface area contributed by atoms with E-state index in [4.69, 9.17) is 0 Å². The van der Waals surface area contributed by atoms with Gasteiger partial charge in [0.2, 0.25) is 0 Å². The largest absolute Gasteiger partial charge is 0.383 e. The van der Waals surface area contributed by atoms with Crippen LogP contribution in [0.3, 0.4) is 0 Å². The van der Waals surface area contributed by atoms with Gasteiger partial charge in [-0.05, 0) is 24.7 Å². The number of carbonyl (C=O) groups is 1. The fourth-order valence-electron chi connectivity index (χ4n) is 2.67. The summed E-state index contributed by atoms with van der Waals surface area (Å²) in [6.45, 7) is 7.93. The minimum absolute atomic E-state index is 0.0736. The predicted molar refractivity (Wildman–Crippen MR) is 65.1 cm³/mol. The first-order valence-corrected chi connectivity index (χ1v) is 6.60. The molecular weight excluding hydrogens is 202 g/mol. The van der Waals surface area contributed by atoms with Crippen molar-refractivity contribution in [2.24, 2.45) is 11.8 Å². The summed E-state index contributed by atoms with van der Waals surface area (Å²) in [5, 5.41) is 9.57. The highest BCUT2D eigenvalue weighted by Gasteiger charge is 2.31. The number of aliphatic hydroxyl groups excluding tert-OH is 1. The van der Waals surface area contributed by atoms with Crippen molar-refractivity contribution in [3.8, 4) is 0 Å². The van der Waals surface area contributed by atoms with Crippen molar-refractivity contribution in [2.75, 3.05) is 13.1 Å². The van der Waals surface area contributed by atoms with Crippen LogP contribution >= 0.6 is 0 Å². The molecule has 1 heterocycles. The van der Waals surface area contributed by atoms with Crippen LogP contribution < -0.4 is 0 Å². The Morgan fingerprint density at radius 3 is 2.44 bits per heavy atom. The zero-order valence-corrected chi connectivity index (χ0v) is 10.8. The molecular formula is C13H25NO2. The number of piperidine rings is 1. The third-order valence-corrected chi connectivity index (χ3v) is 3.92. The maximum atomic E-state index is 11.9. The molecule has 1 aliphatic heterocycles. The molecule has 1 saturated heterocycles. The Balaban J connectivity index is 2.56. The Morgan fingerprint density at radius 2 is 1.94 bits per heavy atom. The Kier molecular flexibility index (Phi) is 5.26. The molecule has 3 heteroatoms. The summed E-state index contributed by atoms with van der Waals surface area (Å²) in [5.41, 5.74) is 0. The molecule has 1 fully saturated rings. The molecule has 0 bridgehead atoms. The lowest BCUT2D eigenvalue weighted by Gasteiger charge is -2.38. The van der Waals surface area contributed by atoms with E-state index in [9.17, 15) is 9.90 Å². The van der Waals surface area contributed by atoms with E-state index in [1.165, 1.54) is 6.42 Å². The van der Waals surface area contributed by atoms with Crippen LogP contribution in [0.4, 0.5) is 0 Å². The summed E-state index contributed by atoms with van der Waals surface area (Å²) in [5.74, 6) is 1.30. The molecule has 0 spiro atoms. The average molecular weight is 227 g/mol. The standard InChI is InChI=1S/C13H25NO2/c1-4-10-7-8-14(9-11(10)5-2)13(16)12(15)6-3/h10-12,15H,4-9H2,1-3H3. The molecule has 0 radical (unpaired) electrons. The fraction of sp³-hybridized carbons (Fsp3) is 0.923. The van der Waals surface area contributed by atoms with E-state index in [1.54, 1.807) is 0 Å². The minimum Gasteiger partial charge on any atom is -0.383 e. The summed E-state index contributed by atoms with van der Waals surface area (Å²) >= 11 is 0. The Bertz CT molecular complexity index is 230. The molecule has 0 aliphatic carbocycles. The monoisotopic (exact) mass is 227 g/mol. The Labute approximate surface area is 98.8 Å². The molecule has 1 N–H and O–H groups in total. The Morgan fingerprint density at radius 1 is 1.31 bits per heavy atom. The van der Waals surface area contributed by atoms with E-state index in [1.807, 2.05) is 11.8 Å². The second-order valence-electron chi connectivity index (χ2n) is 4.83. The molecule has 1 rings (SSSR count). The van der Waals surface area contributed by atoms with Gasteiger partial charge in [0.1, 0.15) is 6.10 Å². The second-order valence-corrected chi connectivity index (χ2v) is 4.83. The number of amides is 1. The van der Waals surface area contributed by atoms with Gasteiger partial charge in [-0.2, -0.15) is 0 Å². The van der Waals surface area contributed by atoms with Crippen LogP contribution in [0.5, 0.6) is 0 Å². The molecule has 3 nitrogen and oxygen atoms in total. The number of likely N-dealkylation sites (tertiary alicyclic amines) is 1. The van der Waals surface area contributed by atoms with Gasteiger partial charge in [-0.15, -0.1) is 0 Å². The van der Waals surface area contributed by atoms with Gasteiger partial charge in [0.05, 0.1) is 0 Å². The molecule has 0 saturated carbocycles. The zero-order valence-electron chi connectivity index (χ0n) is 10.8. The van der Waals surface area contributed by atoms with Gasteiger partial charge in [-0.1, -0.05) is 33.6 Å². The molecule has 1 aliphatic rings. The van der Waals surface area contributed by atoms with Crippen molar-refractivity contribution in [2.45, 2.75) is 52.6 Å². The van der Waals surface area contributed by atoms with Crippen molar-refractivity contribution < 1.29 is 9.90 Å². The van der Waals surface area contributed by atoms with Crippen LogP contribution in [0, 0.1) is 11.8 Å². The van der Waals surface area contributed by atoms with E-state index in [0.717, 1.165) is 31.8 Å². The summed E-state index contributed by atoms with van der Waals surface area (Å²) in [6, 6.07) is 0. The number of aliphatic hydroxyl groups is 1. The highest BCUT2D eigenvalue weighted by molar-refractivity contribution is 5.80. The number of carbonyl (C=O) groups excluding carboxylic acids is 1. The van der Waals surface area contributed by atoms with Crippen LogP contribution in [0.2, 0.25) is 0 Å². The summed E-state index contributed by atoms with van der Waals surface area (Å²) in [7, 11) is 0. The first kappa shape index (κ1) is 13.5. The van der Waals surface area contributed by atoms with E-state index >= 15 is 0 Å².